The number of methoxy groups -OCH3 is 1. The summed E-state index contributed by atoms with van der Waals surface area (Å²) >= 11 is 5.13. The van der Waals surface area contributed by atoms with E-state index in [-0.39, 0.29) is 0 Å². The van der Waals surface area contributed by atoms with Gasteiger partial charge in [-0.15, -0.1) is 10.2 Å². The van der Waals surface area contributed by atoms with Crippen molar-refractivity contribution in [1.82, 2.24) is 25.4 Å². The number of nitrogens with zero attached hydrogens (tertiary/aromatic N) is 3. The maximum absolute atomic E-state index is 5.13. The van der Waals surface area contributed by atoms with E-state index in [0.717, 1.165) is 38.4 Å². The molecular weight excluding hydrogens is 238 g/mol. The van der Waals surface area contributed by atoms with E-state index in [4.69, 9.17) is 17.0 Å². The van der Waals surface area contributed by atoms with E-state index >= 15 is 0 Å². The summed E-state index contributed by atoms with van der Waals surface area (Å²) in [4.78, 5) is 0. The van der Waals surface area contributed by atoms with Gasteiger partial charge in [0.25, 0.3) is 0 Å². The van der Waals surface area contributed by atoms with E-state index in [1.165, 1.54) is 0 Å². The molecule has 0 aromatic carbocycles. The molecule has 0 bridgehead atoms. The smallest absolute Gasteiger partial charge is 0.166 e. The van der Waals surface area contributed by atoms with Gasteiger partial charge in [-0.25, -0.2) is 0 Å². The standard InChI is InChI=1S/C10H19N5OS/c1-15-8-13-14-9(15)4-6-12-10(17)11-5-3-7-16-2/h8H,3-7H2,1-2H3,(H2,11,12,17). The van der Waals surface area contributed by atoms with Crippen LogP contribution in [0.3, 0.4) is 0 Å². The Labute approximate surface area is 107 Å². The van der Waals surface area contributed by atoms with Crippen molar-refractivity contribution in [2.75, 3.05) is 26.8 Å². The molecule has 0 amide bonds. The van der Waals surface area contributed by atoms with Gasteiger partial charge in [0.2, 0.25) is 0 Å². The lowest BCUT2D eigenvalue weighted by atomic mass is 10.4. The predicted octanol–water partition coefficient (Wildman–Crippen LogP) is -0.142. The third kappa shape index (κ3) is 5.60. The van der Waals surface area contributed by atoms with Gasteiger partial charge in [0.1, 0.15) is 12.2 Å². The van der Waals surface area contributed by atoms with Gasteiger partial charge in [-0.2, -0.15) is 0 Å². The Hall–Kier alpha value is -1.21. The van der Waals surface area contributed by atoms with Crippen LogP contribution in [0.4, 0.5) is 0 Å². The highest BCUT2D eigenvalue weighted by Crippen LogP contribution is 1.91. The van der Waals surface area contributed by atoms with Crippen LogP contribution in [0.25, 0.3) is 0 Å². The van der Waals surface area contributed by atoms with Crippen LogP contribution in [0.1, 0.15) is 12.2 Å². The van der Waals surface area contributed by atoms with Gasteiger partial charge in [-0.1, -0.05) is 0 Å². The van der Waals surface area contributed by atoms with E-state index in [1.807, 2.05) is 11.6 Å². The van der Waals surface area contributed by atoms with Crippen LogP contribution in [-0.4, -0.2) is 46.7 Å². The largest absolute Gasteiger partial charge is 0.385 e. The van der Waals surface area contributed by atoms with Gasteiger partial charge < -0.3 is 19.9 Å². The maximum atomic E-state index is 5.13. The predicted molar refractivity (Wildman–Crippen MR) is 69.8 cm³/mol. The van der Waals surface area contributed by atoms with Gasteiger partial charge in [-0.3, -0.25) is 0 Å². The van der Waals surface area contributed by atoms with E-state index in [9.17, 15) is 0 Å². The molecule has 0 saturated heterocycles. The Kier molecular flexibility index (Phi) is 6.49. The molecule has 96 valence electrons. The number of hydrogen-bond acceptors (Lipinski definition) is 4. The molecule has 17 heavy (non-hydrogen) atoms. The molecule has 2 N–H and O–H groups in total. The van der Waals surface area contributed by atoms with E-state index in [1.54, 1.807) is 13.4 Å². The lowest BCUT2D eigenvalue weighted by Crippen LogP contribution is -2.37. The highest BCUT2D eigenvalue weighted by Gasteiger charge is 2.00. The second kappa shape index (κ2) is 7.97. The number of thiocarbonyl (C=S) groups is 1. The van der Waals surface area contributed by atoms with Gasteiger partial charge in [-0.05, 0) is 18.6 Å². The highest BCUT2D eigenvalue weighted by molar-refractivity contribution is 7.80. The van der Waals surface area contributed by atoms with Crippen molar-refractivity contribution in [3.05, 3.63) is 12.2 Å². The zero-order valence-electron chi connectivity index (χ0n) is 10.3. The summed E-state index contributed by atoms with van der Waals surface area (Å²) in [6, 6.07) is 0. The molecule has 0 aliphatic carbocycles. The summed E-state index contributed by atoms with van der Waals surface area (Å²) in [6.45, 7) is 2.32. The number of rotatable bonds is 7. The second-order valence-corrected chi connectivity index (χ2v) is 4.05. The Balaban J connectivity index is 2.06. The summed E-state index contributed by atoms with van der Waals surface area (Å²) < 4.78 is 6.84. The third-order valence-corrected chi connectivity index (χ3v) is 2.54. The van der Waals surface area contributed by atoms with Crippen molar-refractivity contribution in [2.45, 2.75) is 12.8 Å². The van der Waals surface area contributed by atoms with Gasteiger partial charge in [0.15, 0.2) is 5.11 Å². The summed E-state index contributed by atoms with van der Waals surface area (Å²) in [5.74, 6) is 0.944. The Morgan fingerprint density at radius 2 is 2.24 bits per heavy atom. The topological polar surface area (TPSA) is 64.0 Å². The molecule has 0 unspecified atom stereocenters. The number of hydrogen-bond donors (Lipinski definition) is 2. The molecule has 0 spiro atoms. The van der Waals surface area contributed by atoms with Crippen molar-refractivity contribution >= 4 is 17.3 Å². The minimum Gasteiger partial charge on any atom is -0.385 e. The van der Waals surface area contributed by atoms with Crippen molar-refractivity contribution in [1.29, 1.82) is 0 Å². The number of nitrogens with one attached hydrogen (secondary N) is 2. The second-order valence-electron chi connectivity index (χ2n) is 3.64. The van der Waals surface area contributed by atoms with Crippen molar-refractivity contribution in [2.24, 2.45) is 7.05 Å². The minimum atomic E-state index is 0.670. The molecule has 0 atom stereocenters. The van der Waals surface area contributed by atoms with E-state index in [0.29, 0.717) is 5.11 Å². The first kappa shape index (κ1) is 13.9. The monoisotopic (exact) mass is 257 g/mol. The first-order valence-corrected chi connectivity index (χ1v) is 5.98. The molecule has 0 radical (unpaired) electrons. The molecule has 0 fully saturated rings. The fourth-order valence-corrected chi connectivity index (χ4v) is 1.51. The van der Waals surface area contributed by atoms with Crippen LogP contribution in [0.15, 0.2) is 6.33 Å². The maximum Gasteiger partial charge on any atom is 0.166 e. The normalized spacial score (nSPS) is 10.2. The van der Waals surface area contributed by atoms with Crippen LogP contribution in [0, 0.1) is 0 Å². The van der Waals surface area contributed by atoms with Gasteiger partial charge in [0.05, 0.1) is 0 Å². The lowest BCUT2D eigenvalue weighted by molar-refractivity contribution is 0.195. The molecule has 0 aliphatic rings. The van der Waals surface area contributed by atoms with Crippen LogP contribution in [0.2, 0.25) is 0 Å². The average molecular weight is 257 g/mol. The van der Waals surface area contributed by atoms with Crippen LogP contribution >= 0.6 is 12.2 Å². The van der Waals surface area contributed by atoms with E-state index < -0.39 is 0 Å². The highest BCUT2D eigenvalue weighted by atomic mass is 32.1. The van der Waals surface area contributed by atoms with Crippen molar-refractivity contribution in [3.63, 3.8) is 0 Å². The molecule has 0 saturated carbocycles. The summed E-state index contributed by atoms with van der Waals surface area (Å²) in [5, 5.41) is 14.7. The van der Waals surface area contributed by atoms with Crippen LogP contribution in [0.5, 0.6) is 0 Å². The first-order valence-electron chi connectivity index (χ1n) is 5.57. The average Bonchev–Trinajstić information content (AvgIpc) is 2.71. The van der Waals surface area contributed by atoms with E-state index in [2.05, 4.69) is 20.8 Å². The van der Waals surface area contributed by atoms with Crippen LogP contribution < -0.4 is 10.6 Å². The number of aryl methyl sites for hydroxylation is 1. The molecule has 6 nitrogen and oxygen atoms in total. The molecule has 1 rings (SSSR count). The Morgan fingerprint density at radius 3 is 2.88 bits per heavy atom. The molecular formula is C10H19N5OS. The quantitative estimate of drug-likeness (QED) is 0.523. The summed E-state index contributed by atoms with van der Waals surface area (Å²) in [5.41, 5.74) is 0. The Morgan fingerprint density at radius 1 is 1.47 bits per heavy atom. The first-order chi connectivity index (χ1) is 8.24. The van der Waals surface area contributed by atoms with Gasteiger partial charge in [0, 0.05) is 40.3 Å². The molecule has 0 aliphatic heterocycles. The van der Waals surface area contributed by atoms with Crippen molar-refractivity contribution in [3.8, 4) is 0 Å². The van der Waals surface area contributed by atoms with Crippen molar-refractivity contribution < 1.29 is 4.74 Å². The Bertz CT molecular complexity index is 341. The number of ether oxygens (including phenoxy) is 1. The summed E-state index contributed by atoms with van der Waals surface area (Å²) in [7, 11) is 3.62. The minimum absolute atomic E-state index is 0.670. The van der Waals surface area contributed by atoms with Gasteiger partial charge >= 0.3 is 0 Å². The SMILES string of the molecule is COCCCNC(=S)NCCc1nncn1C. The fraction of sp³-hybridized carbons (Fsp3) is 0.700. The molecule has 7 heteroatoms. The fourth-order valence-electron chi connectivity index (χ4n) is 1.30. The number of aromatic nitrogens is 3. The zero-order valence-corrected chi connectivity index (χ0v) is 11.1. The lowest BCUT2D eigenvalue weighted by Gasteiger charge is -2.09. The molecule has 1 aromatic heterocycles. The molecule has 1 heterocycles. The molecule has 1 aromatic rings. The zero-order chi connectivity index (χ0) is 12.5. The third-order valence-electron chi connectivity index (χ3n) is 2.25. The van der Waals surface area contributed by atoms with Crippen LogP contribution in [-0.2, 0) is 18.2 Å². The summed E-state index contributed by atoms with van der Waals surface area (Å²) in [6.07, 6.45) is 3.44.